The smallest absolute Gasteiger partial charge is 0.145 e. The highest BCUT2D eigenvalue weighted by molar-refractivity contribution is 5.89. The minimum absolute atomic E-state index is 0.0785. The van der Waals surface area contributed by atoms with E-state index in [-0.39, 0.29) is 6.10 Å². The summed E-state index contributed by atoms with van der Waals surface area (Å²) in [4.78, 5) is 14.6. The van der Waals surface area contributed by atoms with Crippen molar-refractivity contribution in [1.29, 1.82) is 0 Å². The van der Waals surface area contributed by atoms with E-state index in [9.17, 15) is 0 Å². The summed E-state index contributed by atoms with van der Waals surface area (Å²) in [6.45, 7) is 12.9. The Morgan fingerprint density at radius 3 is 2.65 bits per heavy atom. The van der Waals surface area contributed by atoms with E-state index in [0.29, 0.717) is 0 Å². The highest BCUT2D eigenvalue weighted by atomic mass is 16.5. The summed E-state index contributed by atoms with van der Waals surface area (Å²) in [6, 6.07) is 12.7. The first-order valence-corrected chi connectivity index (χ1v) is 12.2. The number of rotatable bonds is 6. The standard InChI is InChI=1S/C28H34N4O2/c1-18(2)34-27-17-26(30-25(27)16-24-19(3)15-20(4)29-24)28-22(9-10-32-11-13-33-14-12-32)21-7-5-6-8-23(21)31-28/h5-8,15-18,29-30H,9-14H2,1-4H3/b25-16-,28-26-. The Bertz CT molecular complexity index is 1420. The molecule has 2 aliphatic heterocycles. The molecule has 1 aromatic carbocycles. The lowest BCUT2D eigenvalue weighted by Crippen LogP contribution is -2.37. The monoisotopic (exact) mass is 458 g/mol. The molecule has 0 amide bonds. The molecule has 4 heterocycles. The number of hydrogen-bond acceptors (Lipinski definition) is 4. The molecule has 1 saturated heterocycles. The zero-order chi connectivity index (χ0) is 23.7. The zero-order valence-electron chi connectivity index (χ0n) is 20.6. The molecular weight excluding hydrogens is 424 g/mol. The Kier molecular flexibility index (Phi) is 6.44. The molecule has 2 N–H and O–H groups in total. The average Bonchev–Trinajstić information content (AvgIpc) is 3.48. The second kappa shape index (κ2) is 9.65. The maximum absolute atomic E-state index is 6.21. The van der Waals surface area contributed by atoms with Crippen LogP contribution in [0.2, 0.25) is 0 Å². The Morgan fingerprint density at radius 2 is 1.91 bits per heavy atom. The number of H-pyrrole nitrogens is 2. The van der Waals surface area contributed by atoms with Crippen LogP contribution in [-0.2, 0) is 4.74 Å². The van der Waals surface area contributed by atoms with Crippen molar-refractivity contribution in [2.45, 2.75) is 40.2 Å². The largest absolute Gasteiger partial charge is 0.489 e. The van der Waals surface area contributed by atoms with Gasteiger partial charge in [-0.15, -0.1) is 0 Å². The lowest BCUT2D eigenvalue weighted by Gasteiger charge is -2.26. The molecular formula is C28H34N4O2. The number of nitrogens with one attached hydrogen (secondary N) is 2. The van der Waals surface area contributed by atoms with Gasteiger partial charge in [-0.2, -0.15) is 0 Å². The molecule has 6 heteroatoms. The number of ether oxygens (including phenoxy) is 2. The SMILES string of the molecule is Cc1cc(C)c(/C=c2\[nH]/c(=C3\N=c4ccccc4=C3CCN3CCOCC3)cc2OC(C)C)[nH]1. The summed E-state index contributed by atoms with van der Waals surface area (Å²) in [5.41, 5.74) is 5.76. The maximum atomic E-state index is 6.21. The number of benzene rings is 1. The van der Waals surface area contributed by atoms with E-state index in [1.54, 1.807) is 0 Å². The average molecular weight is 459 g/mol. The van der Waals surface area contributed by atoms with Crippen LogP contribution >= 0.6 is 0 Å². The van der Waals surface area contributed by atoms with Crippen LogP contribution in [0.4, 0.5) is 0 Å². The molecule has 0 saturated carbocycles. The van der Waals surface area contributed by atoms with Gasteiger partial charge in [-0.1, -0.05) is 18.2 Å². The van der Waals surface area contributed by atoms with Gasteiger partial charge in [0, 0.05) is 42.3 Å². The summed E-state index contributed by atoms with van der Waals surface area (Å²) in [5.74, 6) is 0.850. The van der Waals surface area contributed by atoms with Gasteiger partial charge < -0.3 is 19.4 Å². The van der Waals surface area contributed by atoms with Gasteiger partial charge in [0.05, 0.1) is 41.1 Å². The lowest BCUT2D eigenvalue weighted by atomic mass is 10.1. The van der Waals surface area contributed by atoms with E-state index >= 15 is 0 Å². The number of fused-ring (bicyclic) bond motifs is 1. The van der Waals surface area contributed by atoms with Gasteiger partial charge in [0.1, 0.15) is 5.75 Å². The molecule has 0 aliphatic carbocycles. The van der Waals surface area contributed by atoms with Crippen molar-refractivity contribution < 1.29 is 9.47 Å². The van der Waals surface area contributed by atoms with Crippen molar-refractivity contribution in [2.24, 2.45) is 4.99 Å². The molecule has 6 nitrogen and oxygen atoms in total. The van der Waals surface area contributed by atoms with Crippen molar-refractivity contribution in [3.63, 3.8) is 0 Å². The molecule has 178 valence electrons. The van der Waals surface area contributed by atoms with Crippen LogP contribution in [0.1, 0.15) is 37.2 Å². The Morgan fingerprint density at radius 1 is 1.12 bits per heavy atom. The third-order valence-electron chi connectivity index (χ3n) is 6.44. The molecule has 34 heavy (non-hydrogen) atoms. The highest BCUT2D eigenvalue weighted by Crippen LogP contribution is 2.19. The number of para-hydroxylation sites is 1. The molecule has 1 fully saturated rings. The summed E-state index contributed by atoms with van der Waals surface area (Å²) in [6.07, 6.45) is 3.16. The van der Waals surface area contributed by atoms with Crippen molar-refractivity contribution in [3.8, 4) is 5.75 Å². The van der Waals surface area contributed by atoms with E-state index in [1.807, 2.05) is 0 Å². The van der Waals surface area contributed by atoms with E-state index in [0.717, 1.165) is 78.2 Å². The van der Waals surface area contributed by atoms with E-state index in [2.05, 4.69) is 85.0 Å². The number of aryl methyl sites for hydroxylation is 2. The van der Waals surface area contributed by atoms with Gasteiger partial charge in [-0.05, 0) is 63.5 Å². The fourth-order valence-corrected chi connectivity index (χ4v) is 4.79. The third kappa shape index (κ3) is 4.74. The Labute approximate surface area is 200 Å². The molecule has 2 aromatic heterocycles. The summed E-state index contributed by atoms with van der Waals surface area (Å²) < 4.78 is 11.7. The van der Waals surface area contributed by atoms with Gasteiger partial charge in [-0.3, -0.25) is 4.90 Å². The second-order valence-corrected chi connectivity index (χ2v) is 9.48. The summed E-state index contributed by atoms with van der Waals surface area (Å²) in [5, 5.41) is 4.22. The fourth-order valence-electron chi connectivity index (χ4n) is 4.79. The first-order valence-electron chi connectivity index (χ1n) is 12.2. The van der Waals surface area contributed by atoms with Crippen molar-refractivity contribution >= 4 is 17.3 Å². The van der Waals surface area contributed by atoms with Gasteiger partial charge in [0.25, 0.3) is 0 Å². The number of aromatic amines is 2. The Balaban J connectivity index is 1.62. The predicted octanol–water partition coefficient (Wildman–Crippen LogP) is 1.89. The van der Waals surface area contributed by atoms with Gasteiger partial charge in [0.2, 0.25) is 0 Å². The molecule has 2 aliphatic rings. The molecule has 3 aromatic rings. The fraction of sp³-hybridized carbons (Fsp3) is 0.393. The van der Waals surface area contributed by atoms with Crippen LogP contribution in [0.3, 0.4) is 0 Å². The predicted molar refractivity (Wildman–Crippen MR) is 136 cm³/mol. The summed E-state index contributed by atoms with van der Waals surface area (Å²) in [7, 11) is 0. The number of aromatic nitrogens is 2. The van der Waals surface area contributed by atoms with Crippen molar-refractivity contribution in [1.82, 2.24) is 14.9 Å². The van der Waals surface area contributed by atoms with Crippen LogP contribution in [0.15, 0.2) is 41.4 Å². The topological polar surface area (TPSA) is 65.6 Å². The first-order chi connectivity index (χ1) is 16.5. The number of morpholine rings is 1. The second-order valence-electron chi connectivity index (χ2n) is 9.48. The normalized spacial score (nSPS) is 18.5. The highest BCUT2D eigenvalue weighted by Gasteiger charge is 2.18. The molecule has 0 unspecified atom stereocenters. The van der Waals surface area contributed by atoms with Gasteiger partial charge >= 0.3 is 0 Å². The summed E-state index contributed by atoms with van der Waals surface area (Å²) >= 11 is 0. The van der Waals surface area contributed by atoms with E-state index < -0.39 is 0 Å². The molecule has 5 rings (SSSR count). The Hall–Kier alpha value is -3.09. The van der Waals surface area contributed by atoms with Crippen molar-refractivity contribution in [3.05, 3.63) is 74.6 Å². The van der Waals surface area contributed by atoms with Crippen LogP contribution in [0.25, 0.3) is 17.3 Å². The zero-order valence-corrected chi connectivity index (χ0v) is 20.6. The maximum Gasteiger partial charge on any atom is 0.145 e. The lowest BCUT2D eigenvalue weighted by molar-refractivity contribution is 0.0390. The number of hydrogen-bond donors (Lipinski definition) is 2. The molecule has 0 atom stereocenters. The van der Waals surface area contributed by atoms with Gasteiger partial charge in [-0.25, -0.2) is 4.99 Å². The van der Waals surface area contributed by atoms with Gasteiger partial charge in [0.15, 0.2) is 0 Å². The minimum Gasteiger partial charge on any atom is -0.489 e. The van der Waals surface area contributed by atoms with Crippen LogP contribution < -0.4 is 26.0 Å². The van der Waals surface area contributed by atoms with Crippen LogP contribution in [0, 0.1) is 13.8 Å². The first kappa shape index (κ1) is 22.7. The van der Waals surface area contributed by atoms with E-state index in [4.69, 9.17) is 14.5 Å². The van der Waals surface area contributed by atoms with Crippen LogP contribution in [-0.4, -0.2) is 53.8 Å². The van der Waals surface area contributed by atoms with Crippen LogP contribution in [0.5, 0.6) is 5.75 Å². The molecule has 0 bridgehead atoms. The quantitative estimate of drug-likeness (QED) is 0.593. The van der Waals surface area contributed by atoms with Crippen molar-refractivity contribution in [2.75, 3.05) is 32.8 Å². The minimum atomic E-state index is 0.0785. The van der Waals surface area contributed by atoms with E-state index in [1.165, 1.54) is 16.4 Å². The number of nitrogens with zero attached hydrogens (tertiary/aromatic N) is 2. The molecule has 0 radical (unpaired) electrons. The molecule has 0 spiro atoms. The third-order valence-corrected chi connectivity index (χ3v) is 6.44.